The molecule has 2 nitrogen and oxygen atoms in total. The molecule has 28 heavy (non-hydrogen) atoms. The van der Waals surface area contributed by atoms with Gasteiger partial charge in [-0.15, -0.1) is 0 Å². The van der Waals surface area contributed by atoms with E-state index in [1.54, 1.807) is 44.8 Å². The van der Waals surface area contributed by atoms with Crippen molar-refractivity contribution in [1.29, 1.82) is 0 Å². The van der Waals surface area contributed by atoms with E-state index >= 15 is 0 Å². The molecule has 2 heteroatoms. The summed E-state index contributed by atoms with van der Waals surface area (Å²) in [7, 11) is 0. The minimum absolute atomic E-state index is 0.498. The molecule has 0 fully saturated rings. The van der Waals surface area contributed by atoms with E-state index < -0.39 is 0 Å². The third-order valence-corrected chi connectivity index (χ3v) is 7.71. The molecule has 2 aromatic rings. The van der Waals surface area contributed by atoms with Crippen LogP contribution in [0, 0.1) is 0 Å². The van der Waals surface area contributed by atoms with E-state index in [1.165, 1.54) is 77.5 Å². The molecular weight excluding hydrogens is 340 g/mol. The number of hydrogen-bond donors (Lipinski definition) is 0. The standard InChI is InChI=1S/C26H32N2/c1-18(23-14-19-6-2-10-27-11-3-7-20(15-23)25(19)27)24-16-21-8-4-12-28-13-5-9-22(17-24)26(21)28/h14-18H,2-13H2,1H3. The lowest BCUT2D eigenvalue weighted by Crippen LogP contribution is -2.34. The fraction of sp³-hybridized carbons (Fsp3) is 0.538. The number of nitrogens with zero attached hydrogens (tertiary/aromatic N) is 2. The molecule has 4 heterocycles. The maximum absolute atomic E-state index is 2.66. The fourth-order valence-corrected chi connectivity index (χ4v) is 6.35. The monoisotopic (exact) mass is 372 g/mol. The van der Waals surface area contributed by atoms with Crippen LogP contribution < -0.4 is 9.80 Å². The number of hydrogen-bond acceptors (Lipinski definition) is 2. The lowest BCUT2D eigenvalue weighted by Gasteiger charge is -2.38. The van der Waals surface area contributed by atoms with E-state index in [2.05, 4.69) is 41.0 Å². The molecule has 0 spiro atoms. The largest absolute Gasteiger partial charge is 0.371 e. The first-order chi connectivity index (χ1) is 13.8. The third kappa shape index (κ3) is 2.60. The number of aryl methyl sites for hydroxylation is 4. The fourth-order valence-electron chi connectivity index (χ4n) is 6.35. The maximum Gasteiger partial charge on any atom is 0.0431 e. The highest BCUT2D eigenvalue weighted by Gasteiger charge is 2.27. The summed E-state index contributed by atoms with van der Waals surface area (Å²) < 4.78 is 0. The first-order valence-corrected chi connectivity index (χ1v) is 11.6. The summed E-state index contributed by atoms with van der Waals surface area (Å²) in [5.74, 6) is 0.498. The summed E-state index contributed by atoms with van der Waals surface area (Å²) in [5.41, 5.74) is 12.8. The Hall–Kier alpha value is -1.96. The van der Waals surface area contributed by atoms with Crippen molar-refractivity contribution >= 4 is 11.4 Å². The molecule has 0 saturated heterocycles. The Morgan fingerprint density at radius 2 is 0.893 bits per heavy atom. The summed E-state index contributed by atoms with van der Waals surface area (Å²) in [6.07, 6.45) is 10.4. The highest BCUT2D eigenvalue weighted by atomic mass is 15.1. The summed E-state index contributed by atoms with van der Waals surface area (Å²) >= 11 is 0. The zero-order valence-corrected chi connectivity index (χ0v) is 17.3. The van der Waals surface area contributed by atoms with Crippen LogP contribution in [0.15, 0.2) is 24.3 Å². The smallest absolute Gasteiger partial charge is 0.0431 e. The maximum atomic E-state index is 2.66. The second-order valence-corrected chi connectivity index (χ2v) is 9.49. The van der Waals surface area contributed by atoms with Crippen LogP contribution in [0.2, 0.25) is 0 Å². The Labute approximate surface area is 169 Å². The molecule has 0 N–H and O–H groups in total. The minimum atomic E-state index is 0.498. The van der Waals surface area contributed by atoms with Crippen molar-refractivity contribution in [2.45, 2.75) is 64.2 Å². The van der Waals surface area contributed by atoms with Gasteiger partial charge in [-0.2, -0.15) is 0 Å². The van der Waals surface area contributed by atoms with Crippen LogP contribution in [0.5, 0.6) is 0 Å². The lowest BCUT2D eigenvalue weighted by molar-refractivity contribution is 0.630. The van der Waals surface area contributed by atoms with E-state index in [0.29, 0.717) is 5.92 Å². The molecule has 0 radical (unpaired) electrons. The molecule has 2 aromatic carbocycles. The summed E-state index contributed by atoms with van der Waals surface area (Å²) in [6.45, 7) is 7.49. The van der Waals surface area contributed by atoms with Crippen molar-refractivity contribution in [1.82, 2.24) is 0 Å². The van der Waals surface area contributed by atoms with Crippen LogP contribution in [0.25, 0.3) is 0 Å². The molecule has 0 bridgehead atoms. The molecule has 0 aromatic heterocycles. The summed E-state index contributed by atoms with van der Waals surface area (Å²) in [5, 5.41) is 0. The Morgan fingerprint density at radius 3 is 1.21 bits per heavy atom. The number of anilines is 2. The average molecular weight is 373 g/mol. The molecule has 146 valence electrons. The molecular formula is C26H32N2. The highest BCUT2D eigenvalue weighted by molar-refractivity contribution is 5.67. The van der Waals surface area contributed by atoms with Gasteiger partial charge in [0.05, 0.1) is 0 Å². The molecule has 4 aliphatic heterocycles. The van der Waals surface area contributed by atoms with Gasteiger partial charge in [0, 0.05) is 43.5 Å². The van der Waals surface area contributed by atoms with E-state index in [9.17, 15) is 0 Å². The van der Waals surface area contributed by atoms with Gasteiger partial charge >= 0.3 is 0 Å². The van der Waals surface area contributed by atoms with Crippen molar-refractivity contribution in [3.63, 3.8) is 0 Å². The van der Waals surface area contributed by atoms with E-state index in [1.807, 2.05) is 0 Å². The molecule has 4 aliphatic rings. The topological polar surface area (TPSA) is 6.48 Å². The van der Waals surface area contributed by atoms with Gasteiger partial charge in [0.25, 0.3) is 0 Å². The van der Waals surface area contributed by atoms with Crippen LogP contribution in [-0.2, 0) is 25.7 Å². The van der Waals surface area contributed by atoms with E-state index in [0.717, 1.165) is 0 Å². The van der Waals surface area contributed by atoms with Gasteiger partial charge in [0.2, 0.25) is 0 Å². The van der Waals surface area contributed by atoms with Gasteiger partial charge in [0.15, 0.2) is 0 Å². The molecule has 0 saturated carbocycles. The second kappa shape index (κ2) is 6.54. The van der Waals surface area contributed by atoms with Crippen LogP contribution in [-0.4, -0.2) is 26.2 Å². The normalized spacial score (nSPS) is 20.2. The number of benzene rings is 2. The summed E-state index contributed by atoms with van der Waals surface area (Å²) in [4.78, 5) is 5.31. The predicted octanol–water partition coefficient (Wildman–Crippen LogP) is 5.24. The molecule has 0 atom stereocenters. The predicted molar refractivity (Wildman–Crippen MR) is 118 cm³/mol. The van der Waals surface area contributed by atoms with Gasteiger partial charge in [-0.05, 0) is 84.7 Å². The van der Waals surface area contributed by atoms with E-state index in [4.69, 9.17) is 0 Å². The average Bonchev–Trinajstić information content (AvgIpc) is 2.74. The summed E-state index contributed by atoms with van der Waals surface area (Å²) in [6, 6.07) is 10.2. The van der Waals surface area contributed by atoms with Gasteiger partial charge < -0.3 is 9.80 Å². The molecule has 6 rings (SSSR count). The van der Waals surface area contributed by atoms with Crippen LogP contribution >= 0.6 is 0 Å². The highest BCUT2D eigenvalue weighted by Crippen LogP contribution is 2.41. The Balaban J connectivity index is 1.42. The zero-order valence-electron chi connectivity index (χ0n) is 17.3. The quantitative estimate of drug-likeness (QED) is 0.712. The van der Waals surface area contributed by atoms with Gasteiger partial charge in [-0.25, -0.2) is 0 Å². The Morgan fingerprint density at radius 1 is 0.571 bits per heavy atom. The molecule has 0 unspecified atom stereocenters. The third-order valence-electron chi connectivity index (χ3n) is 7.71. The molecule has 0 aliphatic carbocycles. The van der Waals surface area contributed by atoms with Crippen molar-refractivity contribution in [2.24, 2.45) is 0 Å². The SMILES string of the molecule is CC(c1cc2c3c(c1)CCCN3CCC2)c1cc2c3c(c1)CCCN3CCC2. The first kappa shape index (κ1) is 16.9. The molecule has 0 amide bonds. The van der Waals surface area contributed by atoms with E-state index in [-0.39, 0.29) is 0 Å². The minimum Gasteiger partial charge on any atom is -0.371 e. The Bertz CT molecular complexity index is 791. The van der Waals surface area contributed by atoms with Crippen molar-refractivity contribution < 1.29 is 0 Å². The van der Waals surface area contributed by atoms with Crippen LogP contribution in [0.1, 0.15) is 71.9 Å². The van der Waals surface area contributed by atoms with Gasteiger partial charge in [-0.1, -0.05) is 31.2 Å². The number of rotatable bonds is 2. The first-order valence-electron chi connectivity index (χ1n) is 11.6. The lowest BCUT2D eigenvalue weighted by atomic mass is 9.82. The van der Waals surface area contributed by atoms with Crippen LogP contribution in [0.4, 0.5) is 11.4 Å². The Kier molecular flexibility index (Phi) is 3.96. The van der Waals surface area contributed by atoms with Crippen molar-refractivity contribution in [3.05, 3.63) is 57.6 Å². The van der Waals surface area contributed by atoms with Crippen LogP contribution in [0.3, 0.4) is 0 Å². The van der Waals surface area contributed by atoms with Crippen molar-refractivity contribution in [3.8, 4) is 0 Å². The zero-order chi connectivity index (χ0) is 18.7. The second-order valence-electron chi connectivity index (χ2n) is 9.49. The van der Waals surface area contributed by atoms with Gasteiger partial charge in [0.1, 0.15) is 0 Å². The van der Waals surface area contributed by atoms with Crippen molar-refractivity contribution in [2.75, 3.05) is 36.0 Å². The van der Waals surface area contributed by atoms with Gasteiger partial charge in [-0.3, -0.25) is 0 Å².